The Hall–Kier alpha value is -1.14. The number of piperidine rings is 1. The van der Waals surface area contributed by atoms with Crippen LogP contribution in [-0.4, -0.2) is 62.1 Å². The minimum Gasteiger partial charge on any atom is -0.377 e. The lowest BCUT2D eigenvalue weighted by Gasteiger charge is -2.35. The molecule has 2 N–H and O–H groups in total. The van der Waals surface area contributed by atoms with E-state index in [1.807, 2.05) is 6.92 Å². The Kier molecular flexibility index (Phi) is 6.45. The molecule has 0 spiro atoms. The third kappa shape index (κ3) is 4.68. The molecule has 0 saturated carbocycles. The van der Waals surface area contributed by atoms with Crippen molar-refractivity contribution in [1.29, 1.82) is 0 Å². The lowest BCUT2D eigenvalue weighted by atomic mass is 9.93. The van der Waals surface area contributed by atoms with Crippen LogP contribution < -0.4 is 10.6 Å². The van der Waals surface area contributed by atoms with Gasteiger partial charge in [-0.25, -0.2) is 0 Å². The van der Waals surface area contributed by atoms with Gasteiger partial charge in [-0.2, -0.15) is 0 Å². The molecule has 0 bridgehead atoms. The second kappa shape index (κ2) is 8.34. The molecule has 120 valence electrons. The fraction of sp³-hybridized carbons (Fsp3) is 0.867. The van der Waals surface area contributed by atoms with E-state index in [9.17, 15) is 9.59 Å². The Labute approximate surface area is 126 Å². The minimum absolute atomic E-state index is 0.0878. The number of carbonyl (C=O) groups excluding carboxylic acids is 2. The van der Waals surface area contributed by atoms with Gasteiger partial charge in [0.25, 0.3) is 0 Å². The molecule has 2 rings (SSSR count). The lowest BCUT2D eigenvalue weighted by molar-refractivity contribution is -0.149. The van der Waals surface area contributed by atoms with E-state index in [1.54, 1.807) is 4.90 Å². The predicted molar refractivity (Wildman–Crippen MR) is 79.8 cm³/mol. The number of carbonyl (C=O) groups is 2. The Balaban J connectivity index is 1.90. The van der Waals surface area contributed by atoms with Crippen molar-refractivity contribution in [3.05, 3.63) is 0 Å². The molecule has 2 amide bonds. The normalized spacial score (nSPS) is 23.9. The number of rotatable bonds is 5. The second-order valence-corrected chi connectivity index (χ2v) is 5.87. The molecule has 2 heterocycles. The van der Waals surface area contributed by atoms with Crippen molar-refractivity contribution in [3.8, 4) is 0 Å². The van der Waals surface area contributed by atoms with Crippen LogP contribution >= 0.6 is 0 Å². The smallest absolute Gasteiger partial charge is 0.245 e. The maximum absolute atomic E-state index is 12.5. The first-order valence-corrected chi connectivity index (χ1v) is 8.08. The monoisotopic (exact) mass is 297 g/mol. The highest BCUT2D eigenvalue weighted by Crippen LogP contribution is 2.19. The van der Waals surface area contributed by atoms with Crippen molar-refractivity contribution < 1.29 is 14.3 Å². The Bertz CT molecular complexity index is 356. The van der Waals surface area contributed by atoms with E-state index in [0.29, 0.717) is 38.6 Å². The molecule has 2 fully saturated rings. The molecular weight excluding hydrogens is 270 g/mol. The largest absolute Gasteiger partial charge is 0.377 e. The van der Waals surface area contributed by atoms with Crippen LogP contribution in [0.2, 0.25) is 0 Å². The molecule has 0 aliphatic carbocycles. The van der Waals surface area contributed by atoms with Gasteiger partial charge in [-0.1, -0.05) is 6.92 Å². The topological polar surface area (TPSA) is 70.7 Å². The van der Waals surface area contributed by atoms with Gasteiger partial charge in [-0.3, -0.25) is 9.59 Å². The molecule has 6 heteroatoms. The van der Waals surface area contributed by atoms with Gasteiger partial charge in [-0.05, 0) is 38.3 Å². The highest BCUT2D eigenvalue weighted by atomic mass is 16.5. The average molecular weight is 297 g/mol. The molecule has 0 aromatic rings. The Morgan fingerprint density at radius 3 is 2.81 bits per heavy atom. The fourth-order valence-electron chi connectivity index (χ4n) is 2.94. The predicted octanol–water partition coefficient (Wildman–Crippen LogP) is 0.130. The molecule has 0 aromatic carbocycles. The molecule has 2 aliphatic rings. The zero-order chi connectivity index (χ0) is 15.1. The number of morpholine rings is 1. The van der Waals surface area contributed by atoms with E-state index >= 15 is 0 Å². The molecule has 1 unspecified atom stereocenters. The summed E-state index contributed by atoms with van der Waals surface area (Å²) in [6, 6.07) is -0.459. The van der Waals surface area contributed by atoms with Crippen LogP contribution in [0.15, 0.2) is 0 Å². The maximum atomic E-state index is 12.5. The van der Waals surface area contributed by atoms with Crippen LogP contribution in [-0.2, 0) is 14.3 Å². The first-order valence-electron chi connectivity index (χ1n) is 8.08. The summed E-state index contributed by atoms with van der Waals surface area (Å²) >= 11 is 0. The van der Waals surface area contributed by atoms with Crippen molar-refractivity contribution in [2.45, 2.75) is 38.6 Å². The van der Waals surface area contributed by atoms with Crippen molar-refractivity contribution in [2.75, 3.05) is 39.4 Å². The maximum Gasteiger partial charge on any atom is 0.245 e. The third-order valence-corrected chi connectivity index (χ3v) is 4.22. The fourth-order valence-corrected chi connectivity index (χ4v) is 2.94. The number of ether oxygens (including phenoxy) is 1. The van der Waals surface area contributed by atoms with Crippen molar-refractivity contribution in [3.63, 3.8) is 0 Å². The average Bonchev–Trinajstić information content (AvgIpc) is 2.53. The van der Waals surface area contributed by atoms with Gasteiger partial charge in [0, 0.05) is 19.5 Å². The van der Waals surface area contributed by atoms with Gasteiger partial charge < -0.3 is 20.3 Å². The van der Waals surface area contributed by atoms with Crippen LogP contribution in [0.25, 0.3) is 0 Å². The molecule has 21 heavy (non-hydrogen) atoms. The van der Waals surface area contributed by atoms with E-state index in [2.05, 4.69) is 10.6 Å². The second-order valence-electron chi connectivity index (χ2n) is 5.87. The molecule has 0 aromatic heterocycles. The summed E-state index contributed by atoms with van der Waals surface area (Å²) in [5, 5.41) is 6.18. The molecule has 6 nitrogen and oxygen atoms in total. The van der Waals surface area contributed by atoms with E-state index in [1.165, 1.54) is 0 Å². The summed E-state index contributed by atoms with van der Waals surface area (Å²) in [6.07, 6.45) is 3.53. The van der Waals surface area contributed by atoms with Crippen LogP contribution in [0.1, 0.15) is 32.6 Å². The van der Waals surface area contributed by atoms with Crippen LogP contribution in [0.5, 0.6) is 0 Å². The van der Waals surface area contributed by atoms with Gasteiger partial charge in [0.05, 0.1) is 13.2 Å². The molecule has 1 atom stereocenters. The van der Waals surface area contributed by atoms with Crippen LogP contribution in [0, 0.1) is 5.92 Å². The molecular formula is C15H27N3O3. The van der Waals surface area contributed by atoms with Crippen LogP contribution in [0.4, 0.5) is 0 Å². The Morgan fingerprint density at radius 2 is 2.10 bits per heavy atom. The molecule has 2 aliphatic heterocycles. The minimum atomic E-state index is -0.459. The van der Waals surface area contributed by atoms with Crippen molar-refractivity contribution in [1.82, 2.24) is 15.5 Å². The summed E-state index contributed by atoms with van der Waals surface area (Å²) in [7, 11) is 0. The zero-order valence-electron chi connectivity index (χ0n) is 12.9. The van der Waals surface area contributed by atoms with E-state index < -0.39 is 6.04 Å². The van der Waals surface area contributed by atoms with Crippen LogP contribution in [0.3, 0.4) is 0 Å². The zero-order valence-corrected chi connectivity index (χ0v) is 12.9. The number of hydrogen-bond donors (Lipinski definition) is 2. The van der Waals surface area contributed by atoms with Gasteiger partial charge in [0.2, 0.25) is 11.8 Å². The lowest BCUT2D eigenvalue weighted by Crippen LogP contribution is -2.56. The summed E-state index contributed by atoms with van der Waals surface area (Å²) in [5.74, 6) is 0.456. The van der Waals surface area contributed by atoms with Crippen molar-refractivity contribution >= 4 is 11.8 Å². The van der Waals surface area contributed by atoms with E-state index in [-0.39, 0.29) is 11.8 Å². The SMILES string of the molecule is CCCNC(=O)C1COCCN1C(=O)CC1CCNCC1. The summed E-state index contributed by atoms with van der Waals surface area (Å²) < 4.78 is 5.39. The van der Waals surface area contributed by atoms with Gasteiger partial charge >= 0.3 is 0 Å². The summed E-state index contributed by atoms with van der Waals surface area (Å²) in [4.78, 5) is 26.4. The first kappa shape index (κ1) is 16.2. The first-order chi connectivity index (χ1) is 10.2. The standard InChI is InChI=1S/C15H27N3O3/c1-2-5-17-15(20)13-11-21-9-8-18(13)14(19)10-12-3-6-16-7-4-12/h12-13,16H,2-11H2,1H3,(H,17,20). The number of amides is 2. The number of hydrogen-bond acceptors (Lipinski definition) is 4. The van der Waals surface area contributed by atoms with Gasteiger partial charge in [0.15, 0.2) is 0 Å². The van der Waals surface area contributed by atoms with Gasteiger partial charge in [0.1, 0.15) is 6.04 Å². The number of nitrogens with one attached hydrogen (secondary N) is 2. The number of nitrogens with zero attached hydrogens (tertiary/aromatic N) is 1. The quantitative estimate of drug-likeness (QED) is 0.757. The Morgan fingerprint density at radius 1 is 1.33 bits per heavy atom. The molecule has 0 radical (unpaired) electrons. The highest BCUT2D eigenvalue weighted by Gasteiger charge is 2.33. The third-order valence-electron chi connectivity index (χ3n) is 4.22. The van der Waals surface area contributed by atoms with E-state index in [4.69, 9.17) is 4.74 Å². The van der Waals surface area contributed by atoms with Crippen molar-refractivity contribution in [2.24, 2.45) is 5.92 Å². The summed E-state index contributed by atoms with van der Waals surface area (Å²) in [5.41, 5.74) is 0. The molecule has 2 saturated heterocycles. The summed E-state index contributed by atoms with van der Waals surface area (Å²) in [6.45, 7) is 5.99. The van der Waals surface area contributed by atoms with E-state index in [0.717, 1.165) is 32.4 Å². The van der Waals surface area contributed by atoms with Gasteiger partial charge in [-0.15, -0.1) is 0 Å². The highest BCUT2D eigenvalue weighted by molar-refractivity contribution is 5.88.